The van der Waals surface area contributed by atoms with Gasteiger partial charge in [-0.25, -0.2) is 4.39 Å². The maximum absolute atomic E-state index is 13.9. The molecule has 0 radical (unpaired) electrons. The van der Waals surface area contributed by atoms with E-state index in [0.717, 1.165) is 38.9 Å². The number of nitrogens with zero attached hydrogens (tertiary/aromatic N) is 2. The first-order valence-electron chi connectivity index (χ1n) is 8.84. The summed E-state index contributed by atoms with van der Waals surface area (Å²) < 4.78 is 13.9. The van der Waals surface area contributed by atoms with Crippen molar-refractivity contribution in [2.75, 3.05) is 19.6 Å². The molecule has 2 heterocycles. The van der Waals surface area contributed by atoms with Gasteiger partial charge in [0.2, 0.25) is 5.91 Å². The molecule has 0 bridgehead atoms. The highest BCUT2D eigenvalue weighted by molar-refractivity contribution is 6.30. The lowest BCUT2D eigenvalue weighted by molar-refractivity contribution is -0.141. The van der Waals surface area contributed by atoms with Gasteiger partial charge in [-0.05, 0) is 69.8 Å². The molecule has 0 aromatic heterocycles. The van der Waals surface area contributed by atoms with E-state index in [-0.39, 0.29) is 17.3 Å². The molecular weight excluding hydrogens is 327 g/mol. The van der Waals surface area contributed by atoms with E-state index in [4.69, 9.17) is 11.6 Å². The second-order valence-electron chi connectivity index (χ2n) is 7.63. The van der Waals surface area contributed by atoms with E-state index in [1.165, 1.54) is 6.07 Å². The van der Waals surface area contributed by atoms with E-state index >= 15 is 0 Å². The van der Waals surface area contributed by atoms with Crippen LogP contribution in [0.4, 0.5) is 4.39 Å². The molecule has 1 amide bonds. The average molecular weight is 353 g/mol. The van der Waals surface area contributed by atoms with Crippen LogP contribution in [0.25, 0.3) is 0 Å². The fourth-order valence-electron chi connectivity index (χ4n) is 4.01. The quantitative estimate of drug-likeness (QED) is 0.818. The fourth-order valence-corrected chi connectivity index (χ4v) is 4.21. The zero-order valence-electron chi connectivity index (χ0n) is 14.5. The highest BCUT2D eigenvalue weighted by atomic mass is 35.5. The van der Waals surface area contributed by atoms with Crippen LogP contribution < -0.4 is 0 Å². The standard InChI is InChI=1S/C19H26ClFN2O/c1-14(2)23-13-19(6-5-18(23)24)7-9-22(10-8-19)12-15-11-16(20)3-4-17(15)21/h3-4,11,14H,5-10,12-13H2,1-2H3. The van der Waals surface area contributed by atoms with Gasteiger partial charge in [-0.3, -0.25) is 9.69 Å². The van der Waals surface area contributed by atoms with E-state index in [0.29, 0.717) is 29.5 Å². The minimum Gasteiger partial charge on any atom is -0.340 e. The molecule has 1 spiro atoms. The molecule has 0 saturated carbocycles. The molecule has 1 aromatic carbocycles. The molecule has 1 aromatic rings. The number of rotatable bonds is 3. The molecule has 132 valence electrons. The Morgan fingerprint density at radius 1 is 1.25 bits per heavy atom. The Labute approximate surface area is 148 Å². The minimum absolute atomic E-state index is 0.186. The third kappa shape index (κ3) is 3.75. The Bertz CT molecular complexity index is 611. The molecule has 2 saturated heterocycles. The van der Waals surface area contributed by atoms with Crippen LogP contribution in [0.5, 0.6) is 0 Å². The number of piperidine rings is 2. The number of carbonyl (C=O) groups excluding carboxylic acids is 1. The lowest BCUT2D eigenvalue weighted by Crippen LogP contribution is -2.53. The van der Waals surface area contributed by atoms with Crippen molar-refractivity contribution in [1.29, 1.82) is 0 Å². The maximum Gasteiger partial charge on any atom is 0.222 e. The molecule has 2 aliphatic rings. The van der Waals surface area contributed by atoms with Crippen LogP contribution in [0.3, 0.4) is 0 Å². The largest absolute Gasteiger partial charge is 0.340 e. The summed E-state index contributed by atoms with van der Waals surface area (Å²) in [4.78, 5) is 16.4. The van der Waals surface area contributed by atoms with Crippen LogP contribution in [-0.2, 0) is 11.3 Å². The highest BCUT2D eigenvalue weighted by Crippen LogP contribution is 2.41. The Hall–Kier alpha value is -1.13. The van der Waals surface area contributed by atoms with Crippen LogP contribution in [-0.4, -0.2) is 41.4 Å². The van der Waals surface area contributed by atoms with E-state index in [2.05, 4.69) is 18.7 Å². The predicted octanol–water partition coefficient (Wildman–Crippen LogP) is 4.09. The Morgan fingerprint density at radius 2 is 1.96 bits per heavy atom. The van der Waals surface area contributed by atoms with Gasteiger partial charge in [-0.15, -0.1) is 0 Å². The summed E-state index contributed by atoms with van der Waals surface area (Å²) in [5.41, 5.74) is 0.919. The third-order valence-electron chi connectivity index (χ3n) is 5.64. The normalized spacial score (nSPS) is 21.7. The van der Waals surface area contributed by atoms with Gasteiger partial charge in [0.25, 0.3) is 0 Å². The van der Waals surface area contributed by atoms with Crippen molar-refractivity contribution in [1.82, 2.24) is 9.80 Å². The second kappa shape index (κ2) is 7.01. The van der Waals surface area contributed by atoms with Crippen LogP contribution in [0.2, 0.25) is 5.02 Å². The topological polar surface area (TPSA) is 23.6 Å². The van der Waals surface area contributed by atoms with Crippen LogP contribution in [0, 0.1) is 11.2 Å². The number of hydrogen-bond donors (Lipinski definition) is 0. The monoisotopic (exact) mass is 352 g/mol. The number of likely N-dealkylation sites (tertiary alicyclic amines) is 2. The SMILES string of the molecule is CC(C)N1CC2(CCC1=O)CCN(Cc1cc(Cl)ccc1F)CC2. The predicted molar refractivity (Wildman–Crippen MR) is 94.4 cm³/mol. The smallest absolute Gasteiger partial charge is 0.222 e. The zero-order valence-corrected chi connectivity index (χ0v) is 15.3. The third-order valence-corrected chi connectivity index (χ3v) is 5.87. The molecule has 0 aliphatic carbocycles. The molecular formula is C19H26ClFN2O. The van der Waals surface area contributed by atoms with Crippen molar-refractivity contribution in [3.05, 3.63) is 34.6 Å². The fraction of sp³-hybridized carbons (Fsp3) is 0.632. The summed E-state index contributed by atoms with van der Waals surface area (Å²) >= 11 is 5.99. The van der Waals surface area contributed by atoms with Gasteiger partial charge in [-0.1, -0.05) is 11.6 Å². The van der Waals surface area contributed by atoms with Crippen LogP contribution >= 0.6 is 11.6 Å². The number of halogens is 2. The van der Waals surface area contributed by atoms with E-state index < -0.39 is 0 Å². The van der Waals surface area contributed by atoms with Crippen LogP contribution in [0.15, 0.2) is 18.2 Å². The summed E-state index contributed by atoms with van der Waals surface area (Å²) in [5, 5.41) is 0.582. The van der Waals surface area contributed by atoms with Gasteiger partial charge < -0.3 is 4.90 Å². The summed E-state index contributed by atoms with van der Waals surface area (Å²) in [6.45, 7) is 7.57. The van der Waals surface area contributed by atoms with Gasteiger partial charge in [0.1, 0.15) is 5.82 Å². The number of benzene rings is 1. The van der Waals surface area contributed by atoms with Gasteiger partial charge >= 0.3 is 0 Å². The van der Waals surface area contributed by atoms with Gasteiger partial charge in [-0.2, -0.15) is 0 Å². The summed E-state index contributed by atoms with van der Waals surface area (Å²) in [6, 6.07) is 5.02. The van der Waals surface area contributed by atoms with Crippen molar-refractivity contribution in [2.24, 2.45) is 5.41 Å². The van der Waals surface area contributed by atoms with Crippen molar-refractivity contribution < 1.29 is 9.18 Å². The minimum atomic E-state index is -0.186. The van der Waals surface area contributed by atoms with E-state index in [9.17, 15) is 9.18 Å². The van der Waals surface area contributed by atoms with Gasteiger partial charge in [0, 0.05) is 36.1 Å². The number of hydrogen-bond acceptors (Lipinski definition) is 2. The van der Waals surface area contributed by atoms with Crippen molar-refractivity contribution >= 4 is 17.5 Å². The van der Waals surface area contributed by atoms with E-state index in [1.807, 2.05) is 4.90 Å². The molecule has 0 N–H and O–H groups in total. The van der Waals surface area contributed by atoms with Crippen molar-refractivity contribution in [2.45, 2.75) is 52.1 Å². The van der Waals surface area contributed by atoms with Crippen molar-refractivity contribution in [3.8, 4) is 0 Å². The van der Waals surface area contributed by atoms with E-state index in [1.54, 1.807) is 12.1 Å². The lowest BCUT2D eigenvalue weighted by Gasteiger charge is -2.48. The highest BCUT2D eigenvalue weighted by Gasteiger charge is 2.41. The molecule has 0 atom stereocenters. The number of carbonyl (C=O) groups is 1. The zero-order chi connectivity index (χ0) is 17.3. The molecule has 3 nitrogen and oxygen atoms in total. The Kier molecular flexibility index (Phi) is 5.16. The first-order chi connectivity index (χ1) is 11.4. The van der Waals surface area contributed by atoms with Crippen molar-refractivity contribution in [3.63, 3.8) is 0 Å². The average Bonchev–Trinajstić information content (AvgIpc) is 2.55. The molecule has 0 unspecified atom stereocenters. The Balaban J connectivity index is 1.61. The molecule has 24 heavy (non-hydrogen) atoms. The summed E-state index contributed by atoms with van der Waals surface area (Å²) in [7, 11) is 0. The molecule has 5 heteroatoms. The van der Waals surface area contributed by atoms with Crippen LogP contribution in [0.1, 0.15) is 45.1 Å². The maximum atomic E-state index is 13.9. The molecule has 3 rings (SSSR count). The molecule has 2 fully saturated rings. The number of amides is 1. The molecule has 2 aliphatic heterocycles. The van der Waals surface area contributed by atoms with Gasteiger partial charge in [0.05, 0.1) is 0 Å². The first kappa shape index (κ1) is 17.7. The second-order valence-corrected chi connectivity index (χ2v) is 8.06. The lowest BCUT2D eigenvalue weighted by atomic mass is 9.72. The van der Waals surface area contributed by atoms with Gasteiger partial charge in [0.15, 0.2) is 0 Å². The summed E-state index contributed by atoms with van der Waals surface area (Å²) in [5.74, 6) is 0.105. The first-order valence-corrected chi connectivity index (χ1v) is 9.22. The summed E-state index contributed by atoms with van der Waals surface area (Å²) in [6.07, 6.45) is 3.81. The Morgan fingerprint density at radius 3 is 2.62 bits per heavy atom.